The summed E-state index contributed by atoms with van der Waals surface area (Å²) in [6.07, 6.45) is 0. The van der Waals surface area contributed by atoms with Crippen LogP contribution in [0.2, 0.25) is 0 Å². The maximum Gasteiger partial charge on any atom is 0.414 e. The third kappa shape index (κ3) is 5.76. The van der Waals surface area contributed by atoms with Crippen LogP contribution in [0.4, 0.5) is 14.5 Å². The Bertz CT molecular complexity index is 820. The Kier molecular flexibility index (Phi) is 7.02. The zero-order valence-electron chi connectivity index (χ0n) is 14.7. The van der Waals surface area contributed by atoms with E-state index in [4.69, 9.17) is 19.8 Å². The first kappa shape index (κ1) is 20.8. The molecule has 0 aliphatic carbocycles. The molecule has 1 aliphatic rings. The number of piperazine rings is 1. The molecule has 1 fully saturated rings. The number of hydrogen-bond donors (Lipinski definition) is 2. The molecule has 2 N–H and O–H groups in total. The number of rotatable bonds is 2. The molecule has 0 atom stereocenters. The van der Waals surface area contributed by atoms with Crippen molar-refractivity contribution in [2.45, 2.75) is 0 Å². The van der Waals surface area contributed by atoms with Gasteiger partial charge in [-0.1, -0.05) is 0 Å². The Morgan fingerprint density at radius 1 is 0.714 bits per heavy atom. The average Bonchev–Trinajstić information content (AvgIpc) is 2.69. The fraction of sp³-hybridized carbons (Fsp3) is 0.211. The van der Waals surface area contributed by atoms with Gasteiger partial charge >= 0.3 is 11.9 Å². The monoisotopic (exact) mass is 392 g/mol. The van der Waals surface area contributed by atoms with Gasteiger partial charge in [0.25, 0.3) is 5.91 Å². The van der Waals surface area contributed by atoms with E-state index in [0.29, 0.717) is 31.7 Å². The molecule has 0 saturated carbocycles. The zero-order chi connectivity index (χ0) is 20.7. The van der Waals surface area contributed by atoms with Gasteiger partial charge in [-0.05, 0) is 48.5 Å². The summed E-state index contributed by atoms with van der Waals surface area (Å²) in [7, 11) is 0. The van der Waals surface area contributed by atoms with Crippen LogP contribution in [-0.4, -0.2) is 59.1 Å². The lowest BCUT2D eigenvalue weighted by atomic mass is 10.1. The lowest BCUT2D eigenvalue weighted by molar-refractivity contribution is -0.159. The van der Waals surface area contributed by atoms with Crippen molar-refractivity contribution in [1.82, 2.24) is 4.90 Å². The van der Waals surface area contributed by atoms with Gasteiger partial charge in [-0.15, -0.1) is 0 Å². The van der Waals surface area contributed by atoms with Gasteiger partial charge in [-0.3, -0.25) is 4.79 Å². The van der Waals surface area contributed by atoms with Crippen molar-refractivity contribution in [3.8, 4) is 0 Å². The van der Waals surface area contributed by atoms with Gasteiger partial charge in [-0.2, -0.15) is 0 Å². The summed E-state index contributed by atoms with van der Waals surface area (Å²) in [6, 6.07) is 12.0. The molecule has 0 bridgehead atoms. The molecule has 0 spiro atoms. The molecule has 9 heteroatoms. The molecule has 1 heterocycles. The molecular formula is C19H18F2N2O5. The maximum absolute atomic E-state index is 12.9. The topological polar surface area (TPSA) is 98.1 Å². The minimum Gasteiger partial charge on any atom is -0.473 e. The molecule has 7 nitrogen and oxygen atoms in total. The minimum atomic E-state index is -1.82. The van der Waals surface area contributed by atoms with E-state index < -0.39 is 11.9 Å². The number of carbonyl (C=O) groups is 3. The van der Waals surface area contributed by atoms with Crippen LogP contribution < -0.4 is 4.90 Å². The second-order valence-electron chi connectivity index (χ2n) is 5.87. The number of carbonyl (C=O) groups excluding carboxylic acids is 1. The number of aliphatic carboxylic acids is 2. The number of anilines is 1. The molecule has 148 valence electrons. The highest BCUT2D eigenvalue weighted by atomic mass is 19.1. The van der Waals surface area contributed by atoms with E-state index in [1.165, 1.54) is 36.4 Å². The summed E-state index contributed by atoms with van der Waals surface area (Å²) < 4.78 is 25.8. The van der Waals surface area contributed by atoms with E-state index in [-0.39, 0.29) is 17.5 Å². The first-order valence-electron chi connectivity index (χ1n) is 8.29. The number of hydrogen-bond acceptors (Lipinski definition) is 4. The number of carboxylic acid groups (broad SMARTS) is 2. The van der Waals surface area contributed by atoms with Crippen molar-refractivity contribution in [2.24, 2.45) is 0 Å². The Labute approximate surface area is 159 Å². The summed E-state index contributed by atoms with van der Waals surface area (Å²) in [6.45, 7) is 2.57. The van der Waals surface area contributed by atoms with Crippen LogP contribution in [0.5, 0.6) is 0 Å². The van der Waals surface area contributed by atoms with Crippen LogP contribution in [0.3, 0.4) is 0 Å². The molecule has 2 aromatic rings. The van der Waals surface area contributed by atoms with Gasteiger partial charge in [0.1, 0.15) is 11.6 Å². The summed E-state index contributed by atoms with van der Waals surface area (Å²) >= 11 is 0. The second-order valence-corrected chi connectivity index (χ2v) is 5.87. The van der Waals surface area contributed by atoms with Gasteiger partial charge in [0.15, 0.2) is 0 Å². The lowest BCUT2D eigenvalue weighted by Crippen LogP contribution is -2.48. The first-order chi connectivity index (χ1) is 13.3. The van der Waals surface area contributed by atoms with Crippen molar-refractivity contribution in [2.75, 3.05) is 31.1 Å². The van der Waals surface area contributed by atoms with Gasteiger partial charge in [-0.25, -0.2) is 18.4 Å². The van der Waals surface area contributed by atoms with Crippen LogP contribution >= 0.6 is 0 Å². The van der Waals surface area contributed by atoms with Crippen molar-refractivity contribution >= 4 is 23.5 Å². The number of carboxylic acids is 2. The summed E-state index contributed by atoms with van der Waals surface area (Å²) in [5, 5.41) is 14.8. The SMILES string of the molecule is O=C(O)C(=O)O.O=C(c1ccc(F)cc1)N1CCN(c2ccc(F)cc2)CC1. The molecule has 0 unspecified atom stereocenters. The predicted octanol–water partition coefficient (Wildman–Crippen LogP) is 2.08. The number of amides is 1. The number of nitrogens with zero attached hydrogens (tertiary/aromatic N) is 2. The highest BCUT2D eigenvalue weighted by molar-refractivity contribution is 6.27. The first-order valence-corrected chi connectivity index (χ1v) is 8.29. The molecule has 0 radical (unpaired) electrons. The van der Waals surface area contributed by atoms with E-state index in [9.17, 15) is 13.6 Å². The lowest BCUT2D eigenvalue weighted by Gasteiger charge is -2.36. The molecular weight excluding hydrogens is 374 g/mol. The third-order valence-electron chi connectivity index (χ3n) is 4.03. The van der Waals surface area contributed by atoms with E-state index in [0.717, 1.165) is 5.69 Å². The largest absolute Gasteiger partial charge is 0.473 e. The molecule has 2 aromatic carbocycles. The maximum atomic E-state index is 12.9. The van der Waals surface area contributed by atoms with E-state index in [2.05, 4.69) is 4.90 Å². The Morgan fingerprint density at radius 3 is 1.57 bits per heavy atom. The van der Waals surface area contributed by atoms with Crippen LogP contribution in [0.1, 0.15) is 10.4 Å². The van der Waals surface area contributed by atoms with Gasteiger partial charge in [0, 0.05) is 37.4 Å². The molecule has 3 rings (SSSR count). The highest BCUT2D eigenvalue weighted by Crippen LogP contribution is 2.18. The number of benzene rings is 2. The highest BCUT2D eigenvalue weighted by Gasteiger charge is 2.22. The molecule has 1 aliphatic heterocycles. The summed E-state index contributed by atoms with van der Waals surface area (Å²) in [4.78, 5) is 34.4. The number of halogens is 2. The fourth-order valence-electron chi connectivity index (χ4n) is 2.59. The van der Waals surface area contributed by atoms with Crippen molar-refractivity contribution in [3.05, 3.63) is 65.7 Å². The Hall–Kier alpha value is -3.49. The predicted molar refractivity (Wildman–Crippen MR) is 96.2 cm³/mol. The second kappa shape index (κ2) is 9.45. The van der Waals surface area contributed by atoms with Crippen LogP contribution in [0.25, 0.3) is 0 Å². The van der Waals surface area contributed by atoms with E-state index in [1.54, 1.807) is 17.0 Å². The van der Waals surface area contributed by atoms with Crippen molar-refractivity contribution in [1.29, 1.82) is 0 Å². The van der Waals surface area contributed by atoms with E-state index >= 15 is 0 Å². The molecule has 1 saturated heterocycles. The zero-order valence-corrected chi connectivity index (χ0v) is 14.7. The van der Waals surface area contributed by atoms with Gasteiger partial charge < -0.3 is 20.0 Å². The quantitative estimate of drug-likeness (QED) is 0.760. The van der Waals surface area contributed by atoms with Gasteiger partial charge in [0.05, 0.1) is 0 Å². The van der Waals surface area contributed by atoms with E-state index in [1.807, 2.05) is 0 Å². The van der Waals surface area contributed by atoms with Crippen LogP contribution in [0, 0.1) is 11.6 Å². The van der Waals surface area contributed by atoms with Crippen LogP contribution in [0.15, 0.2) is 48.5 Å². The molecule has 0 aromatic heterocycles. The average molecular weight is 392 g/mol. The Morgan fingerprint density at radius 2 is 1.14 bits per heavy atom. The molecule has 28 heavy (non-hydrogen) atoms. The normalized spacial score (nSPS) is 13.4. The van der Waals surface area contributed by atoms with Crippen molar-refractivity contribution in [3.63, 3.8) is 0 Å². The smallest absolute Gasteiger partial charge is 0.414 e. The van der Waals surface area contributed by atoms with Crippen molar-refractivity contribution < 1.29 is 33.4 Å². The standard InChI is InChI=1S/C17H16F2N2O.C2H2O4/c18-14-3-1-13(2-4-14)17(22)21-11-9-20(10-12-21)16-7-5-15(19)6-8-16;3-1(4)2(5)6/h1-8H,9-12H2;(H,3,4)(H,5,6). The minimum absolute atomic E-state index is 0.0845. The third-order valence-corrected chi connectivity index (χ3v) is 4.03. The fourth-order valence-corrected chi connectivity index (χ4v) is 2.59. The summed E-state index contributed by atoms with van der Waals surface area (Å²) in [5.74, 6) is -4.34. The Balaban J connectivity index is 0.000000409. The van der Waals surface area contributed by atoms with Crippen LogP contribution in [-0.2, 0) is 9.59 Å². The van der Waals surface area contributed by atoms with Gasteiger partial charge in [0.2, 0.25) is 0 Å². The molecule has 1 amide bonds. The summed E-state index contributed by atoms with van der Waals surface area (Å²) in [5.41, 5.74) is 1.45.